The molecule has 8 aromatic rings. The van der Waals surface area contributed by atoms with E-state index < -0.39 is 0 Å². The quantitative estimate of drug-likeness (QED) is 0.156. The number of nitrogens with zero attached hydrogens (tertiary/aromatic N) is 4. The van der Waals surface area contributed by atoms with Gasteiger partial charge in [-0.25, -0.2) is 0 Å². The van der Waals surface area contributed by atoms with Gasteiger partial charge in [0, 0.05) is 0 Å². The normalized spacial score (nSPS) is 12.4. The predicted octanol–water partition coefficient (Wildman–Crippen LogP) is 8.10. The second-order valence-electron chi connectivity index (χ2n) is 11.0. The summed E-state index contributed by atoms with van der Waals surface area (Å²) in [7, 11) is 0. The van der Waals surface area contributed by atoms with E-state index in [2.05, 4.69) is 122 Å². The predicted molar refractivity (Wildman–Crippen MR) is 166 cm³/mol. The summed E-state index contributed by atoms with van der Waals surface area (Å²) in [5.74, 6) is 0. The van der Waals surface area contributed by atoms with Crippen LogP contribution in [-0.2, 0) is 5.41 Å². The molecule has 40 heavy (non-hydrogen) atoms. The van der Waals surface area contributed by atoms with Crippen LogP contribution >= 0.6 is 0 Å². The molecule has 0 aliphatic carbocycles. The number of benzene rings is 3. The maximum absolute atomic E-state index is 5.30. The van der Waals surface area contributed by atoms with Crippen LogP contribution in [0.25, 0.3) is 58.0 Å². The summed E-state index contributed by atoms with van der Waals surface area (Å²) in [6.45, 7) is 6.61. The number of rotatable bonds is 3. The molecule has 0 unspecified atom stereocenters. The molecule has 192 valence electrons. The molecule has 0 bridgehead atoms. The van der Waals surface area contributed by atoms with E-state index in [1.54, 1.807) is 0 Å². The molecular weight excluding hydrogens is 555 g/mol. The fraction of sp³-hybridized carbons (Fsp3) is 0.114. The Hall–Kier alpha value is -4.31. The van der Waals surface area contributed by atoms with E-state index in [4.69, 9.17) is 15.0 Å². The van der Waals surface area contributed by atoms with Crippen molar-refractivity contribution in [1.82, 2.24) is 19.4 Å². The summed E-state index contributed by atoms with van der Waals surface area (Å²) < 4.78 is 4.80. The van der Waals surface area contributed by atoms with Crippen molar-refractivity contribution in [2.75, 3.05) is 0 Å². The van der Waals surface area contributed by atoms with Gasteiger partial charge in [0.1, 0.15) is 0 Å². The fourth-order valence-corrected chi connectivity index (χ4v) is 8.62. The van der Waals surface area contributed by atoms with Gasteiger partial charge < -0.3 is 0 Å². The molecule has 0 saturated carbocycles. The van der Waals surface area contributed by atoms with Gasteiger partial charge in [-0.3, -0.25) is 0 Å². The van der Waals surface area contributed by atoms with Crippen LogP contribution in [0.1, 0.15) is 30.8 Å². The number of imidazole rings is 1. The van der Waals surface area contributed by atoms with Gasteiger partial charge in [0.25, 0.3) is 0 Å². The molecule has 0 radical (unpaired) electrons. The average Bonchev–Trinajstić information content (AvgIpc) is 3.62. The molecule has 3 aromatic carbocycles. The van der Waals surface area contributed by atoms with E-state index in [0.29, 0.717) is 0 Å². The van der Waals surface area contributed by atoms with E-state index in [0.717, 1.165) is 28.1 Å². The van der Waals surface area contributed by atoms with Crippen LogP contribution in [0.5, 0.6) is 0 Å². The first kappa shape index (κ1) is 23.6. The van der Waals surface area contributed by atoms with Gasteiger partial charge >= 0.3 is 220 Å². The molecule has 0 aliphatic heterocycles. The van der Waals surface area contributed by atoms with Crippen molar-refractivity contribution in [2.45, 2.75) is 26.2 Å². The van der Waals surface area contributed by atoms with E-state index in [9.17, 15) is 0 Å². The second-order valence-corrected chi connectivity index (χ2v) is 13.1. The van der Waals surface area contributed by atoms with Crippen LogP contribution in [0.15, 0.2) is 103 Å². The molecule has 0 aliphatic rings. The standard InChI is InChI=1S/C35H26N4Se/c1-21-14-16-26-25-9-6-10-27(32(25)40-34(26)37-21)29-11-7-13-31(38-29)35(2,3)22-15-17-23-24-8-4-5-12-30(24)39-19-18-36-33(39)28(23)20-22/h4-20H,1-3H3. The van der Waals surface area contributed by atoms with Gasteiger partial charge in [-0.1, -0.05) is 12.1 Å². The molecular formula is C35H26N4Se. The van der Waals surface area contributed by atoms with Gasteiger partial charge in [-0.05, 0) is 6.07 Å². The van der Waals surface area contributed by atoms with Crippen molar-refractivity contribution < 1.29 is 0 Å². The molecule has 5 aromatic heterocycles. The van der Waals surface area contributed by atoms with Crippen molar-refractivity contribution in [3.63, 3.8) is 0 Å². The second kappa shape index (κ2) is 8.59. The minimum atomic E-state index is -0.301. The molecule has 0 spiro atoms. The van der Waals surface area contributed by atoms with Gasteiger partial charge in [-0.2, -0.15) is 0 Å². The Morgan fingerprint density at radius 3 is 2.48 bits per heavy atom. The maximum atomic E-state index is 5.30. The summed E-state index contributed by atoms with van der Waals surface area (Å²) in [5.41, 5.74) is 7.45. The number of pyridine rings is 3. The first-order valence-electron chi connectivity index (χ1n) is 13.5. The Balaban J connectivity index is 1.29. The number of hydrogen-bond donors (Lipinski definition) is 0. The number of para-hydroxylation sites is 1. The van der Waals surface area contributed by atoms with Crippen molar-refractivity contribution in [1.29, 1.82) is 0 Å². The number of fused-ring (bicyclic) bond motifs is 9. The first-order chi connectivity index (χ1) is 19.5. The van der Waals surface area contributed by atoms with E-state index in [1.807, 2.05) is 6.20 Å². The van der Waals surface area contributed by atoms with Crippen LogP contribution in [0.4, 0.5) is 0 Å². The van der Waals surface area contributed by atoms with Crippen molar-refractivity contribution in [3.05, 3.63) is 120 Å². The molecule has 4 nitrogen and oxygen atoms in total. The van der Waals surface area contributed by atoms with Crippen LogP contribution < -0.4 is 0 Å². The molecule has 0 amide bonds. The van der Waals surface area contributed by atoms with Gasteiger partial charge in [-0.15, -0.1) is 0 Å². The van der Waals surface area contributed by atoms with Gasteiger partial charge in [0.15, 0.2) is 0 Å². The summed E-state index contributed by atoms with van der Waals surface area (Å²) >= 11 is 0.164. The average molecular weight is 582 g/mol. The SMILES string of the molecule is Cc1ccc2c(n1)[se]c1c(-c3cccc(C(C)(C)c4ccc5c6ccccc6n6ccnc6c5c4)n3)cccc12. The number of aromatic nitrogens is 4. The Morgan fingerprint density at radius 2 is 1.55 bits per heavy atom. The molecule has 8 rings (SSSR count). The zero-order chi connectivity index (χ0) is 27.0. The zero-order valence-corrected chi connectivity index (χ0v) is 24.2. The Bertz CT molecular complexity index is 2270. The van der Waals surface area contributed by atoms with Crippen LogP contribution in [0.3, 0.4) is 0 Å². The fourth-order valence-electron chi connectivity index (χ4n) is 6.02. The molecule has 0 saturated heterocycles. The van der Waals surface area contributed by atoms with Crippen molar-refractivity contribution in [2.24, 2.45) is 0 Å². The third kappa shape index (κ3) is 3.41. The van der Waals surface area contributed by atoms with Crippen LogP contribution in [-0.4, -0.2) is 33.9 Å². The third-order valence-corrected chi connectivity index (χ3v) is 10.7. The Kier molecular flexibility index (Phi) is 5.06. The van der Waals surface area contributed by atoms with E-state index in [1.165, 1.54) is 46.8 Å². The summed E-state index contributed by atoms with van der Waals surface area (Å²) in [6.07, 6.45) is 3.94. The molecule has 5 heteroatoms. The number of hydrogen-bond acceptors (Lipinski definition) is 3. The van der Waals surface area contributed by atoms with Gasteiger partial charge in [0.05, 0.1) is 0 Å². The summed E-state index contributed by atoms with van der Waals surface area (Å²) in [5, 5.41) is 6.19. The molecule has 0 fully saturated rings. The van der Waals surface area contributed by atoms with Crippen molar-refractivity contribution in [3.8, 4) is 11.3 Å². The van der Waals surface area contributed by atoms with Gasteiger partial charge in [0.2, 0.25) is 0 Å². The molecule has 0 N–H and O–H groups in total. The molecule has 0 atom stereocenters. The van der Waals surface area contributed by atoms with E-state index in [-0.39, 0.29) is 19.9 Å². The Labute approximate surface area is 237 Å². The summed E-state index contributed by atoms with van der Waals surface area (Å²) in [6, 6.07) is 32.8. The van der Waals surface area contributed by atoms with E-state index >= 15 is 0 Å². The van der Waals surface area contributed by atoms with Crippen LogP contribution in [0, 0.1) is 6.92 Å². The van der Waals surface area contributed by atoms with Crippen molar-refractivity contribution >= 4 is 61.2 Å². The molecule has 5 heterocycles. The first-order valence-corrected chi connectivity index (χ1v) is 15.3. The monoisotopic (exact) mass is 582 g/mol. The summed E-state index contributed by atoms with van der Waals surface area (Å²) in [4.78, 5) is 14.9. The Morgan fingerprint density at radius 1 is 0.725 bits per heavy atom. The minimum absolute atomic E-state index is 0.164. The zero-order valence-electron chi connectivity index (χ0n) is 22.5. The third-order valence-electron chi connectivity index (χ3n) is 8.25. The topological polar surface area (TPSA) is 43.1 Å². The van der Waals surface area contributed by atoms with Crippen LogP contribution in [0.2, 0.25) is 0 Å². The number of aryl methyl sites for hydroxylation is 1.